The molecule has 1 heterocycles. The van der Waals surface area contributed by atoms with Crippen molar-refractivity contribution >= 4 is 21.9 Å². The number of carbonyl (C=O) groups is 1. The fraction of sp³-hybridized carbons (Fsp3) is 0.222. The number of esters is 1. The van der Waals surface area contributed by atoms with Crippen molar-refractivity contribution in [3.8, 4) is 6.07 Å². The SMILES string of the molecule is COC(=O)Cc1cc(Br)nc(C#N)c1. The van der Waals surface area contributed by atoms with Crippen LogP contribution in [-0.4, -0.2) is 18.1 Å². The Kier molecular flexibility index (Phi) is 3.60. The molecule has 14 heavy (non-hydrogen) atoms. The number of carbonyl (C=O) groups excluding carboxylic acids is 1. The van der Waals surface area contributed by atoms with Gasteiger partial charge < -0.3 is 4.74 Å². The van der Waals surface area contributed by atoms with Gasteiger partial charge in [0.25, 0.3) is 0 Å². The second-order valence-corrected chi connectivity index (χ2v) is 3.36. The second-order valence-electron chi connectivity index (χ2n) is 2.55. The Labute approximate surface area is 89.6 Å². The van der Waals surface area contributed by atoms with E-state index >= 15 is 0 Å². The minimum absolute atomic E-state index is 0.145. The molecule has 0 aromatic carbocycles. The van der Waals surface area contributed by atoms with Crippen LogP contribution in [0, 0.1) is 11.3 Å². The topological polar surface area (TPSA) is 63.0 Å². The maximum atomic E-state index is 11.0. The molecule has 1 rings (SSSR count). The van der Waals surface area contributed by atoms with Crippen molar-refractivity contribution in [1.82, 2.24) is 4.98 Å². The predicted octanol–water partition coefficient (Wildman–Crippen LogP) is 1.43. The summed E-state index contributed by atoms with van der Waals surface area (Å²) in [7, 11) is 1.32. The smallest absolute Gasteiger partial charge is 0.309 e. The van der Waals surface area contributed by atoms with E-state index in [1.807, 2.05) is 6.07 Å². The summed E-state index contributed by atoms with van der Waals surface area (Å²) >= 11 is 3.15. The molecular formula is C9H7BrN2O2. The van der Waals surface area contributed by atoms with E-state index < -0.39 is 0 Å². The lowest BCUT2D eigenvalue weighted by atomic mass is 10.2. The van der Waals surface area contributed by atoms with Crippen molar-refractivity contribution in [3.05, 3.63) is 28.0 Å². The molecule has 0 bridgehead atoms. The van der Waals surface area contributed by atoms with Crippen molar-refractivity contribution in [1.29, 1.82) is 5.26 Å². The number of hydrogen-bond donors (Lipinski definition) is 0. The van der Waals surface area contributed by atoms with E-state index in [1.165, 1.54) is 7.11 Å². The number of methoxy groups -OCH3 is 1. The van der Waals surface area contributed by atoms with Crippen LogP contribution in [0.1, 0.15) is 11.3 Å². The molecule has 0 unspecified atom stereocenters. The molecule has 0 atom stereocenters. The molecule has 0 N–H and O–H groups in total. The second kappa shape index (κ2) is 4.72. The maximum Gasteiger partial charge on any atom is 0.309 e. The molecule has 0 fully saturated rings. The third-order valence-corrected chi connectivity index (χ3v) is 1.95. The van der Waals surface area contributed by atoms with Crippen molar-refractivity contribution in [3.63, 3.8) is 0 Å². The van der Waals surface area contributed by atoms with Crippen LogP contribution in [0.5, 0.6) is 0 Å². The van der Waals surface area contributed by atoms with Crippen molar-refractivity contribution < 1.29 is 9.53 Å². The standard InChI is InChI=1S/C9H7BrN2O2/c1-14-9(13)4-6-2-7(5-11)12-8(10)3-6/h2-3H,4H2,1H3. The molecule has 0 amide bonds. The van der Waals surface area contributed by atoms with E-state index in [2.05, 4.69) is 25.7 Å². The predicted molar refractivity (Wildman–Crippen MR) is 52.4 cm³/mol. The zero-order valence-electron chi connectivity index (χ0n) is 7.45. The highest BCUT2D eigenvalue weighted by Crippen LogP contribution is 2.12. The highest BCUT2D eigenvalue weighted by molar-refractivity contribution is 9.10. The van der Waals surface area contributed by atoms with Crippen LogP contribution in [0.2, 0.25) is 0 Å². The van der Waals surface area contributed by atoms with Gasteiger partial charge in [0.2, 0.25) is 0 Å². The van der Waals surface area contributed by atoms with Crippen LogP contribution in [0.15, 0.2) is 16.7 Å². The lowest BCUT2D eigenvalue weighted by Crippen LogP contribution is -2.05. The molecule has 0 radical (unpaired) electrons. The quantitative estimate of drug-likeness (QED) is 0.592. The number of nitriles is 1. The van der Waals surface area contributed by atoms with E-state index in [1.54, 1.807) is 12.1 Å². The lowest BCUT2D eigenvalue weighted by Gasteiger charge is -2.00. The summed E-state index contributed by atoms with van der Waals surface area (Å²) in [5, 5.41) is 8.63. The van der Waals surface area contributed by atoms with E-state index in [-0.39, 0.29) is 18.1 Å². The molecule has 72 valence electrons. The molecule has 0 saturated heterocycles. The molecule has 1 aromatic heterocycles. The summed E-state index contributed by atoms with van der Waals surface area (Å²) in [6.07, 6.45) is 0.145. The normalized spacial score (nSPS) is 9.21. The molecule has 0 saturated carbocycles. The van der Waals surface area contributed by atoms with Crippen LogP contribution in [0.4, 0.5) is 0 Å². The van der Waals surface area contributed by atoms with Gasteiger partial charge in [-0.05, 0) is 33.6 Å². The molecule has 0 aliphatic rings. The first-order valence-electron chi connectivity index (χ1n) is 3.79. The van der Waals surface area contributed by atoms with E-state index in [9.17, 15) is 4.79 Å². The fourth-order valence-corrected chi connectivity index (χ4v) is 1.43. The Morgan fingerprint density at radius 1 is 1.71 bits per heavy atom. The summed E-state index contributed by atoms with van der Waals surface area (Å²) in [5.74, 6) is -0.341. The van der Waals surface area contributed by atoms with Gasteiger partial charge in [0, 0.05) is 0 Å². The number of hydrogen-bond acceptors (Lipinski definition) is 4. The molecule has 1 aromatic rings. The minimum atomic E-state index is -0.341. The Hall–Kier alpha value is -1.41. The monoisotopic (exact) mass is 254 g/mol. The van der Waals surface area contributed by atoms with Crippen molar-refractivity contribution in [2.75, 3.05) is 7.11 Å². The van der Waals surface area contributed by atoms with E-state index in [0.717, 1.165) is 0 Å². The van der Waals surface area contributed by atoms with Crippen LogP contribution in [0.25, 0.3) is 0 Å². The Morgan fingerprint density at radius 3 is 3.00 bits per heavy atom. The summed E-state index contributed by atoms with van der Waals surface area (Å²) in [5.41, 5.74) is 0.980. The first-order chi connectivity index (χ1) is 6.65. The van der Waals surface area contributed by atoms with Gasteiger partial charge in [0.15, 0.2) is 0 Å². The molecule has 5 heteroatoms. The molecular weight excluding hydrogens is 248 g/mol. The Bertz CT molecular complexity index is 398. The summed E-state index contributed by atoms with van der Waals surface area (Å²) < 4.78 is 5.05. The molecule has 0 aliphatic carbocycles. The highest BCUT2D eigenvalue weighted by atomic mass is 79.9. The largest absolute Gasteiger partial charge is 0.469 e. The Morgan fingerprint density at radius 2 is 2.43 bits per heavy atom. The number of rotatable bonds is 2. The van der Waals surface area contributed by atoms with Crippen LogP contribution in [0.3, 0.4) is 0 Å². The first-order valence-corrected chi connectivity index (χ1v) is 4.58. The summed E-state index contributed by atoms with van der Waals surface area (Å²) in [6.45, 7) is 0. The molecule has 0 aliphatic heterocycles. The van der Waals surface area contributed by atoms with Gasteiger partial charge in [0.1, 0.15) is 16.4 Å². The third kappa shape index (κ3) is 2.82. The lowest BCUT2D eigenvalue weighted by molar-refractivity contribution is -0.139. The van der Waals surface area contributed by atoms with E-state index in [4.69, 9.17) is 5.26 Å². The zero-order valence-corrected chi connectivity index (χ0v) is 9.04. The first kappa shape index (κ1) is 10.7. The number of nitrogens with zero attached hydrogens (tertiary/aromatic N) is 2. The van der Waals surface area contributed by atoms with Crippen LogP contribution in [-0.2, 0) is 16.0 Å². The van der Waals surface area contributed by atoms with E-state index in [0.29, 0.717) is 10.2 Å². The third-order valence-electron chi connectivity index (χ3n) is 1.54. The van der Waals surface area contributed by atoms with Crippen LogP contribution < -0.4 is 0 Å². The van der Waals surface area contributed by atoms with Gasteiger partial charge in [-0.1, -0.05) is 0 Å². The molecule has 0 spiro atoms. The minimum Gasteiger partial charge on any atom is -0.469 e. The van der Waals surface area contributed by atoms with Gasteiger partial charge >= 0.3 is 5.97 Å². The average molecular weight is 255 g/mol. The van der Waals surface area contributed by atoms with Gasteiger partial charge in [-0.3, -0.25) is 4.79 Å². The number of aromatic nitrogens is 1. The highest BCUT2D eigenvalue weighted by Gasteiger charge is 2.05. The molecule has 4 nitrogen and oxygen atoms in total. The van der Waals surface area contributed by atoms with Gasteiger partial charge in [0.05, 0.1) is 13.5 Å². The maximum absolute atomic E-state index is 11.0. The van der Waals surface area contributed by atoms with Gasteiger partial charge in [-0.15, -0.1) is 0 Å². The van der Waals surface area contributed by atoms with Gasteiger partial charge in [-0.2, -0.15) is 5.26 Å². The number of ether oxygens (including phenoxy) is 1. The van der Waals surface area contributed by atoms with Gasteiger partial charge in [-0.25, -0.2) is 4.98 Å². The number of pyridine rings is 1. The Balaban J connectivity index is 2.93. The summed E-state index contributed by atoms with van der Waals surface area (Å²) in [6, 6.07) is 5.14. The van der Waals surface area contributed by atoms with Crippen molar-refractivity contribution in [2.45, 2.75) is 6.42 Å². The van der Waals surface area contributed by atoms with Crippen LogP contribution >= 0.6 is 15.9 Å². The van der Waals surface area contributed by atoms with Crippen molar-refractivity contribution in [2.24, 2.45) is 0 Å². The zero-order chi connectivity index (χ0) is 10.6. The summed E-state index contributed by atoms with van der Waals surface area (Å²) in [4.78, 5) is 14.8. The average Bonchev–Trinajstić information content (AvgIpc) is 2.16. The number of halogens is 1. The fourth-order valence-electron chi connectivity index (χ4n) is 0.948.